The van der Waals surface area contributed by atoms with E-state index in [1.54, 1.807) is 18.2 Å². The molecule has 0 aliphatic carbocycles. The van der Waals surface area contributed by atoms with E-state index in [1.165, 1.54) is 30.3 Å². The topological polar surface area (TPSA) is 69.4 Å². The van der Waals surface area contributed by atoms with Crippen molar-refractivity contribution in [2.24, 2.45) is 0 Å². The molecule has 2 N–H and O–H groups in total. The zero-order valence-electron chi connectivity index (χ0n) is 10.9. The normalized spacial score (nSPS) is 15.4. The van der Waals surface area contributed by atoms with Crippen molar-refractivity contribution in [3.8, 4) is 5.75 Å². The molecule has 2 aromatic carbocycles. The van der Waals surface area contributed by atoms with Crippen LogP contribution >= 0.6 is 0 Å². The molecule has 0 bridgehead atoms. The highest BCUT2D eigenvalue weighted by molar-refractivity contribution is 7.95. The Hall–Kier alpha value is -2.34. The molecule has 0 fully saturated rings. The number of rotatable bonds is 3. The van der Waals surface area contributed by atoms with E-state index in [1.807, 2.05) is 0 Å². The molecule has 1 heterocycles. The lowest BCUT2D eigenvalue weighted by Crippen LogP contribution is -2.09. The summed E-state index contributed by atoms with van der Waals surface area (Å²) in [5, 5.41) is 0. The summed E-state index contributed by atoms with van der Waals surface area (Å²) >= 11 is 0. The van der Waals surface area contributed by atoms with Crippen molar-refractivity contribution in [3.63, 3.8) is 0 Å². The van der Waals surface area contributed by atoms with Gasteiger partial charge in [0.25, 0.3) is 0 Å². The summed E-state index contributed by atoms with van der Waals surface area (Å²) in [7, 11) is -3.57. The van der Waals surface area contributed by atoms with Crippen molar-refractivity contribution in [2.75, 3.05) is 12.3 Å². The monoisotopic (exact) mass is 305 g/mol. The van der Waals surface area contributed by atoms with Gasteiger partial charge in [0, 0.05) is 5.69 Å². The Bertz CT molecular complexity index is 826. The van der Waals surface area contributed by atoms with Crippen LogP contribution < -0.4 is 10.5 Å². The summed E-state index contributed by atoms with van der Waals surface area (Å²) in [5.41, 5.74) is 6.62. The van der Waals surface area contributed by atoms with E-state index in [0.29, 0.717) is 17.0 Å². The Labute approximate surface area is 121 Å². The van der Waals surface area contributed by atoms with Crippen LogP contribution in [0, 0.1) is 5.82 Å². The predicted molar refractivity (Wildman–Crippen MR) is 77.9 cm³/mol. The standard InChI is InChI=1S/C15H12FNO3S/c16-11-2-5-13(6-3-11)20-9-14-7-10-1-4-12(17)8-15(10)21(14,18)19/h1-8H,9,17H2. The minimum atomic E-state index is -3.57. The fourth-order valence-corrected chi connectivity index (χ4v) is 3.61. The first-order valence-electron chi connectivity index (χ1n) is 6.20. The smallest absolute Gasteiger partial charge is 0.206 e. The third-order valence-corrected chi connectivity index (χ3v) is 5.04. The Morgan fingerprint density at radius 2 is 1.81 bits per heavy atom. The van der Waals surface area contributed by atoms with Crippen LogP contribution in [-0.4, -0.2) is 15.0 Å². The molecular formula is C15H12FNO3S. The molecule has 1 aliphatic rings. The highest BCUT2D eigenvalue weighted by Gasteiger charge is 2.30. The van der Waals surface area contributed by atoms with Gasteiger partial charge >= 0.3 is 0 Å². The Morgan fingerprint density at radius 1 is 1.10 bits per heavy atom. The van der Waals surface area contributed by atoms with E-state index in [2.05, 4.69) is 0 Å². The van der Waals surface area contributed by atoms with Crippen LogP contribution in [0.1, 0.15) is 5.56 Å². The van der Waals surface area contributed by atoms with Gasteiger partial charge in [0.15, 0.2) is 0 Å². The van der Waals surface area contributed by atoms with Gasteiger partial charge in [-0.05, 0) is 48.0 Å². The van der Waals surface area contributed by atoms with Crippen molar-refractivity contribution in [3.05, 3.63) is 58.8 Å². The second-order valence-electron chi connectivity index (χ2n) is 4.65. The van der Waals surface area contributed by atoms with Crippen molar-refractivity contribution >= 4 is 21.6 Å². The summed E-state index contributed by atoms with van der Waals surface area (Å²) in [4.78, 5) is 0.354. The fourth-order valence-electron chi connectivity index (χ4n) is 2.10. The molecule has 0 saturated heterocycles. The number of anilines is 1. The zero-order valence-corrected chi connectivity index (χ0v) is 11.7. The number of halogens is 1. The van der Waals surface area contributed by atoms with Crippen molar-refractivity contribution in [1.29, 1.82) is 0 Å². The second-order valence-corrected chi connectivity index (χ2v) is 6.63. The maximum atomic E-state index is 12.8. The number of benzene rings is 2. The number of sulfone groups is 1. The average Bonchev–Trinajstić information content (AvgIpc) is 2.70. The molecular weight excluding hydrogens is 293 g/mol. The molecule has 3 rings (SSSR count). The number of ether oxygens (including phenoxy) is 1. The molecule has 0 unspecified atom stereocenters. The zero-order chi connectivity index (χ0) is 15.0. The Kier molecular flexibility index (Phi) is 3.17. The maximum Gasteiger partial charge on any atom is 0.206 e. The molecule has 6 heteroatoms. The first-order valence-corrected chi connectivity index (χ1v) is 7.69. The first kappa shape index (κ1) is 13.6. The van der Waals surface area contributed by atoms with E-state index in [4.69, 9.17) is 10.5 Å². The molecule has 0 amide bonds. The molecule has 0 radical (unpaired) electrons. The van der Waals surface area contributed by atoms with E-state index >= 15 is 0 Å². The van der Waals surface area contributed by atoms with E-state index in [-0.39, 0.29) is 22.2 Å². The van der Waals surface area contributed by atoms with Crippen LogP contribution in [0.15, 0.2) is 52.3 Å². The van der Waals surface area contributed by atoms with Crippen LogP contribution in [0.3, 0.4) is 0 Å². The van der Waals surface area contributed by atoms with Crippen LogP contribution in [0.5, 0.6) is 5.75 Å². The first-order chi connectivity index (χ1) is 9.96. The van der Waals surface area contributed by atoms with Gasteiger partial charge in [0.1, 0.15) is 18.2 Å². The van der Waals surface area contributed by atoms with Gasteiger partial charge < -0.3 is 10.5 Å². The molecule has 0 atom stereocenters. The van der Waals surface area contributed by atoms with Gasteiger partial charge in [-0.15, -0.1) is 0 Å². The molecule has 0 saturated carbocycles. The van der Waals surface area contributed by atoms with Crippen LogP contribution in [0.2, 0.25) is 0 Å². The lowest BCUT2D eigenvalue weighted by Gasteiger charge is -2.07. The Morgan fingerprint density at radius 3 is 2.52 bits per heavy atom. The van der Waals surface area contributed by atoms with E-state index in [0.717, 1.165) is 0 Å². The van der Waals surface area contributed by atoms with Crippen molar-refractivity contribution < 1.29 is 17.5 Å². The lowest BCUT2D eigenvalue weighted by atomic mass is 10.2. The SMILES string of the molecule is Nc1ccc2c(c1)S(=O)(=O)C(COc1ccc(F)cc1)=C2. The third kappa shape index (κ3) is 2.50. The highest BCUT2D eigenvalue weighted by atomic mass is 32.2. The van der Waals surface area contributed by atoms with Gasteiger partial charge in [-0.3, -0.25) is 0 Å². The number of fused-ring (bicyclic) bond motifs is 1. The van der Waals surface area contributed by atoms with Crippen LogP contribution in [0.4, 0.5) is 10.1 Å². The van der Waals surface area contributed by atoms with Crippen molar-refractivity contribution in [2.45, 2.75) is 4.90 Å². The molecule has 0 aromatic heterocycles. The predicted octanol–water partition coefficient (Wildman–Crippen LogP) is 2.62. The summed E-state index contributed by atoms with van der Waals surface area (Å²) in [6.45, 7) is -0.109. The molecule has 2 aromatic rings. The van der Waals surface area contributed by atoms with Gasteiger partial charge in [-0.25, -0.2) is 12.8 Å². The van der Waals surface area contributed by atoms with Crippen LogP contribution in [-0.2, 0) is 9.84 Å². The number of hydrogen-bond acceptors (Lipinski definition) is 4. The molecule has 4 nitrogen and oxygen atoms in total. The number of nitrogen functional groups attached to an aromatic ring is 1. The molecule has 21 heavy (non-hydrogen) atoms. The number of nitrogens with two attached hydrogens (primary N) is 1. The van der Waals surface area contributed by atoms with Gasteiger partial charge in [-0.1, -0.05) is 6.07 Å². The largest absolute Gasteiger partial charge is 0.488 e. The Balaban J connectivity index is 1.83. The lowest BCUT2D eigenvalue weighted by molar-refractivity contribution is 0.358. The highest BCUT2D eigenvalue weighted by Crippen LogP contribution is 2.34. The fraction of sp³-hybridized carbons (Fsp3) is 0.0667. The minimum Gasteiger partial charge on any atom is -0.488 e. The van der Waals surface area contributed by atoms with Crippen molar-refractivity contribution in [1.82, 2.24) is 0 Å². The number of hydrogen-bond donors (Lipinski definition) is 1. The maximum absolute atomic E-state index is 12.8. The summed E-state index contributed by atoms with van der Waals surface area (Å²) in [6.07, 6.45) is 1.56. The average molecular weight is 305 g/mol. The summed E-state index contributed by atoms with van der Waals surface area (Å²) < 4.78 is 42.9. The van der Waals surface area contributed by atoms with Gasteiger partial charge in [0.2, 0.25) is 9.84 Å². The van der Waals surface area contributed by atoms with Gasteiger partial charge in [0.05, 0.1) is 9.80 Å². The second kappa shape index (κ2) is 4.89. The quantitative estimate of drug-likeness (QED) is 0.885. The molecule has 0 spiro atoms. The third-order valence-electron chi connectivity index (χ3n) is 3.18. The minimum absolute atomic E-state index is 0.109. The van der Waals surface area contributed by atoms with Crippen LogP contribution in [0.25, 0.3) is 6.08 Å². The molecule has 1 aliphatic heterocycles. The van der Waals surface area contributed by atoms with Gasteiger partial charge in [-0.2, -0.15) is 0 Å². The molecule has 108 valence electrons. The summed E-state index contributed by atoms with van der Waals surface area (Å²) in [6, 6.07) is 10.1. The van der Waals surface area contributed by atoms with E-state index in [9.17, 15) is 12.8 Å². The summed E-state index contributed by atoms with van der Waals surface area (Å²) in [5.74, 6) is 0.0286. The van der Waals surface area contributed by atoms with E-state index < -0.39 is 9.84 Å².